The molecule has 2 aliphatic heterocycles. The van der Waals surface area contributed by atoms with Gasteiger partial charge in [0.2, 0.25) is 0 Å². The Bertz CT molecular complexity index is 3590. The van der Waals surface area contributed by atoms with Gasteiger partial charge in [0.05, 0.1) is 11.1 Å². The lowest BCUT2D eigenvalue weighted by molar-refractivity contribution is 0.0219. The maximum atomic E-state index is 14.7. The van der Waals surface area contributed by atoms with Gasteiger partial charge in [-0.1, -0.05) is 131 Å². The van der Waals surface area contributed by atoms with Crippen LogP contribution in [0.3, 0.4) is 0 Å². The van der Waals surface area contributed by atoms with Gasteiger partial charge in [-0.25, -0.2) is 14.0 Å². The Balaban J connectivity index is 0.803. The lowest BCUT2D eigenvalue weighted by atomic mass is 9.77. The van der Waals surface area contributed by atoms with E-state index in [-0.39, 0.29) is 5.82 Å². The van der Waals surface area contributed by atoms with Gasteiger partial charge < -0.3 is 23.8 Å². The highest BCUT2D eigenvalue weighted by Gasteiger charge is 2.48. The van der Waals surface area contributed by atoms with Crippen molar-refractivity contribution in [1.82, 2.24) is 0 Å². The van der Waals surface area contributed by atoms with Gasteiger partial charge in [0, 0.05) is 53.5 Å². The smallest absolute Gasteiger partial charge is 0.343 e. The fourth-order valence-electron chi connectivity index (χ4n) is 13.4. The molecule has 7 nitrogen and oxygen atoms in total. The van der Waals surface area contributed by atoms with Crippen LogP contribution >= 0.6 is 0 Å². The van der Waals surface area contributed by atoms with E-state index in [1.807, 2.05) is 43.3 Å². The fraction of sp³-hybridized carbons (Fsp3) is 0.306. The molecule has 12 rings (SSSR count). The number of hydrogen-bond acceptors (Lipinski definition) is 7. The summed E-state index contributed by atoms with van der Waals surface area (Å²) in [6, 6.07) is 50.4. The van der Waals surface area contributed by atoms with Crippen LogP contribution in [0.1, 0.15) is 156 Å². The lowest BCUT2D eigenvalue weighted by Crippen LogP contribution is -2.36. The average Bonchev–Trinajstić information content (AvgIpc) is 3.84. The summed E-state index contributed by atoms with van der Waals surface area (Å²) < 4.78 is 41.1. The van der Waals surface area contributed by atoms with E-state index in [0.717, 1.165) is 85.4 Å². The molecule has 8 aromatic rings. The molecule has 0 bridgehead atoms. The van der Waals surface area contributed by atoms with Crippen molar-refractivity contribution in [2.24, 2.45) is 5.92 Å². The lowest BCUT2D eigenvalue weighted by Gasteiger charge is -2.39. The zero-order valence-electron chi connectivity index (χ0n) is 46.5. The summed E-state index contributed by atoms with van der Waals surface area (Å²) in [6.45, 7) is 8.39. The Kier molecular flexibility index (Phi) is 14.8. The summed E-state index contributed by atoms with van der Waals surface area (Å²) in [5, 5.41) is 1.68. The van der Waals surface area contributed by atoms with Crippen molar-refractivity contribution in [2.45, 2.75) is 115 Å². The number of fused-ring (bicyclic) bond motifs is 8. The maximum Gasteiger partial charge on any atom is 0.343 e. The molecule has 2 heterocycles. The van der Waals surface area contributed by atoms with E-state index in [2.05, 4.69) is 91.6 Å². The minimum Gasteiger partial charge on any atom is -0.472 e. The fourth-order valence-corrected chi connectivity index (χ4v) is 13.4. The van der Waals surface area contributed by atoms with E-state index >= 15 is 0 Å². The number of nitrogens with zero attached hydrogens (tertiary/aromatic N) is 1. The monoisotopic (exact) mass is 1060 g/mol. The Morgan fingerprint density at radius 3 is 1.99 bits per heavy atom. The van der Waals surface area contributed by atoms with Crippen LogP contribution < -0.4 is 19.1 Å². The van der Waals surface area contributed by atoms with Crippen LogP contribution in [0, 0.1) is 18.7 Å². The van der Waals surface area contributed by atoms with E-state index in [4.69, 9.17) is 18.9 Å². The Morgan fingerprint density at radius 2 is 1.32 bits per heavy atom. The van der Waals surface area contributed by atoms with Crippen molar-refractivity contribution in [1.29, 1.82) is 0 Å². The molecule has 80 heavy (non-hydrogen) atoms. The highest BCUT2D eigenvalue weighted by molar-refractivity contribution is 6.09. The second-order valence-electron chi connectivity index (χ2n) is 22.6. The molecule has 0 radical (unpaired) electrons. The number of ether oxygens (including phenoxy) is 4. The van der Waals surface area contributed by atoms with Gasteiger partial charge in [-0.2, -0.15) is 0 Å². The summed E-state index contributed by atoms with van der Waals surface area (Å²) in [5.74, 6) is 1.50. The molecule has 8 heteroatoms. The van der Waals surface area contributed by atoms with Crippen LogP contribution in [0.5, 0.6) is 17.2 Å². The van der Waals surface area contributed by atoms with E-state index < -0.39 is 23.1 Å². The predicted molar refractivity (Wildman–Crippen MR) is 319 cm³/mol. The number of esters is 2. The Morgan fingerprint density at radius 1 is 0.688 bits per heavy atom. The number of hydrogen-bond donors (Lipinski definition) is 0. The van der Waals surface area contributed by atoms with Gasteiger partial charge >= 0.3 is 11.9 Å². The molecule has 2 unspecified atom stereocenters. The minimum atomic E-state index is -1.13. The molecule has 0 N–H and O–H groups in total. The van der Waals surface area contributed by atoms with Crippen LogP contribution in [-0.2, 0) is 15.9 Å². The number of aryl methyl sites for hydroxylation is 1. The van der Waals surface area contributed by atoms with Gasteiger partial charge in [0.25, 0.3) is 0 Å². The van der Waals surface area contributed by atoms with Gasteiger partial charge in [0.15, 0.2) is 5.60 Å². The summed E-state index contributed by atoms with van der Waals surface area (Å²) in [7, 11) is 1.76. The summed E-state index contributed by atoms with van der Waals surface area (Å²) in [5.41, 5.74) is 10.9. The molecule has 0 aromatic heterocycles. The van der Waals surface area contributed by atoms with E-state index in [1.165, 1.54) is 94.0 Å². The van der Waals surface area contributed by atoms with E-state index in [0.29, 0.717) is 40.7 Å². The predicted octanol–water partition coefficient (Wildman–Crippen LogP) is 17.9. The van der Waals surface area contributed by atoms with Crippen LogP contribution in [0.4, 0.5) is 10.1 Å². The van der Waals surface area contributed by atoms with Crippen molar-refractivity contribution >= 4 is 34.5 Å². The molecular weight excluding hydrogens is 994 g/mol. The SMILES string of the molecule is CCCCCC1CCC(c2ccc(-c3ccc(C(=O)Oc4ccc(C(=O)Oc5cc6c7c(c8c(c6cc5C)OC(c5ccc(F)cc5)(c5ccc(N6CCCCC6)cc5)C=C8)C(CC)(OC)c5ccccc5-7)cc4)cc3)cc2)CC1. The van der Waals surface area contributed by atoms with Crippen molar-refractivity contribution in [3.05, 3.63) is 220 Å². The number of halogens is 1. The van der Waals surface area contributed by atoms with Crippen LogP contribution in [0.15, 0.2) is 164 Å². The zero-order chi connectivity index (χ0) is 55.0. The Labute approximate surface area is 470 Å². The second-order valence-corrected chi connectivity index (χ2v) is 22.6. The first-order valence-corrected chi connectivity index (χ1v) is 29.1. The number of anilines is 1. The first-order valence-electron chi connectivity index (χ1n) is 29.1. The van der Waals surface area contributed by atoms with Gasteiger partial charge in [-0.05, 0) is 193 Å². The highest BCUT2D eigenvalue weighted by Crippen LogP contribution is 2.60. The topological polar surface area (TPSA) is 74.3 Å². The molecule has 406 valence electrons. The van der Waals surface area contributed by atoms with Gasteiger partial charge in [-0.3, -0.25) is 0 Å². The first-order chi connectivity index (χ1) is 39.1. The number of unbranched alkanes of at least 4 members (excludes halogenated alkanes) is 2. The average molecular weight is 1060 g/mol. The van der Waals surface area contributed by atoms with Crippen molar-refractivity contribution in [3.63, 3.8) is 0 Å². The number of methoxy groups -OCH3 is 1. The molecule has 1 saturated carbocycles. The van der Waals surface area contributed by atoms with Crippen molar-refractivity contribution in [3.8, 4) is 39.5 Å². The molecule has 8 aromatic carbocycles. The molecule has 2 fully saturated rings. The van der Waals surface area contributed by atoms with Crippen LogP contribution in [-0.4, -0.2) is 32.1 Å². The second kappa shape index (κ2) is 22.4. The number of carbonyl (C=O) groups is 2. The van der Waals surface area contributed by atoms with Crippen LogP contribution in [0.2, 0.25) is 0 Å². The zero-order valence-corrected chi connectivity index (χ0v) is 46.5. The maximum absolute atomic E-state index is 14.7. The summed E-state index contributed by atoms with van der Waals surface area (Å²) >= 11 is 0. The molecule has 0 spiro atoms. The van der Waals surface area contributed by atoms with Crippen molar-refractivity contribution in [2.75, 3.05) is 25.1 Å². The molecule has 2 aliphatic carbocycles. The molecule has 0 amide bonds. The number of carbonyl (C=O) groups excluding carboxylic acids is 2. The number of benzene rings is 8. The number of piperidine rings is 1. The molecule has 1 saturated heterocycles. The van der Waals surface area contributed by atoms with Crippen LogP contribution in [0.25, 0.3) is 39.1 Å². The largest absolute Gasteiger partial charge is 0.472 e. The minimum absolute atomic E-state index is 0.295. The third-order valence-corrected chi connectivity index (χ3v) is 17.9. The Hall–Kier alpha value is -7.81. The molecular formula is C72H70FNO6. The number of rotatable bonds is 15. The first kappa shape index (κ1) is 52.9. The normalized spacial score (nSPS) is 20.1. The van der Waals surface area contributed by atoms with Crippen molar-refractivity contribution < 1.29 is 32.9 Å². The molecule has 4 aliphatic rings. The van der Waals surface area contributed by atoms with Gasteiger partial charge in [-0.15, -0.1) is 0 Å². The van der Waals surface area contributed by atoms with E-state index in [1.54, 1.807) is 55.6 Å². The summed E-state index contributed by atoms with van der Waals surface area (Å²) in [4.78, 5) is 30.0. The molecule has 2 atom stereocenters. The third-order valence-electron chi connectivity index (χ3n) is 17.9. The quantitative estimate of drug-likeness (QED) is 0.0575. The van der Waals surface area contributed by atoms with Gasteiger partial charge in [0.1, 0.15) is 28.7 Å². The summed E-state index contributed by atoms with van der Waals surface area (Å²) in [6.07, 6.45) is 19.1. The standard InChI is InChI=1S/C72H70FNO6/c1-5-7-9-14-48-17-19-49(20-18-48)50-21-23-51(24-22-50)52-25-27-53(28-26-52)69(75)78-59-39-29-54(30-40-59)70(76)79-65-46-62-63(45-47(65)3)68-61(67-66(62)60-15-10-11-16-64(60)71(67,6-2)77-4)41-42-72(80-68,55-31-35-57(73)36-32-55)56-33-37-58(38-34-56)74-43-12-8-13-44-74/h10-11,15-16,21-42,45-46,48-49H,5-9,12-14,17-20,43-44H2,1-4H3. The third kappa shape index (κ3) is 9.80. The highest BCUT2D eigenvalue weighted by atomic mass is 19.1. The van der Waals surface area contributed by atoms with E-state index in [9.17, 15) is 14.0 Å².